The lowest BCUT2D eigenvalue weighted by Crippen LogP contribution is -2.43. The maximum atomic E-state index is 13.2. The van der Waals surface area contributed by atoms with Crippen molar-refractivity contribution in [3.05, 3.63) is 155 Å². The quantitative estimate of drug-likeness (QED) is 0.0964. The van der Waals surface area contributed by atoms with Crippen LogP contribution in [0.25, 0.3) is 33.8 Å². The number of rotatable bonds is 5. The Morgan fingerprint density at radius 2 is 1.27 bits per heavy atom. The third-order valence-corrected chi connectivity index (χ3v) is 9.51. The molecule has 0 spiro atoms. The van der Waals surface area contributed by atoms with Crippen molar-refractivity contribution in [1.82, 2.24) is 64.1 Å². The van der Waals surface area contributed by atoms with Gasteiger partial charge >= 0.3 is 0 Å². The highest BCUT2D eigenvalue weighted by atomic mass is 32.2. The second kappa shape index (κ2) is 22.0. The summed E-state index contributed by atoms with van der Waals surface area (Å²) in [5, 5.41) is 8.20. The summed E-state index contributed by atoms with van der Waals surface area (Å²) in [5.41, 5.74) is 4.03. The molecule has 21 nitrogen and oxygen atoms in total. The summed E-state index contributed by atoms with van der Waals surface area (Å²) in [7, 11) is -1.42. The van der Waals surface area contributed by atoms with Gasteiger partial charge in [-0.15, -0.1) is 6.42 Å². The minimum atomic E-state index is -4.08. The van der Waals surface area contributed by atoms with E-state index in [0.717, 1.165) is 29.7 Å². The average Bonchev–Trinajstić information content (AvgIpc) is 3.93. The van der Waals surface area contributed by atoms with E-state index in [4.69, 9.17) is 21.6 Å². The zero-order valence-electron chi connectivity index (χ0n) is 35.3. The van der Waals surface area contributed by atoms with Crippen molar-refractivity contribution in [3.63, 3.8) is 0 Å². The minimum absolute atomic E-state index is 0.0260. The third kappa shape index (κ3) is 12.5. The van der Waals surface area contributed by atoms with Gasteiger partial charge in [0.2, 0.25) is 35.7 Å². The van der Waals surface area contributed by atoms with Crippen LogP contribution in [0.15, 0.2) is 115 Å². The monoisotopic (exact) mass is 924 g/mol. The van der Waals surface area contributed by atoms with Gasteiger partial charge in [-0.3, -0.25) is 24.3 Å². The molecule has 0 saturated carbocycles. The fourth-order valence-electron chi connectivity index (χ4n) is 5.63. The van der Waals surface area contributed by atoms with Crippen LogP contribution in [-0.4, -0.2) is 91.3 Å². The van der Waals surface area contributed by atoms with Gasteiger partial charge in [0.15, 0.2) is 5.82 Å². The Bertz CT molecular complexity index is 3290. The molecule has 0 aliphatic carbocycles. The van der Waals surface area contributed by atoms with Crippen LogP contribution in [-0.2, 0) is 10.1 Å². The second-order valence-electron chi connectivity index (χ2n) is 13.0. The molecule has 0 fully saturated rings. The van der Waals surface area contributed by atoms with Crippen molar-refractivity contribution >= 4 is 21.2 Å². The lowest BCUT2D eigenvalue weighted by molar-refractivity contribution is -0.639. The molecule has 0 radical (unpaired) electrons. The Hall–Kier alpha value is -8.76. The summed E-state index contributed by atoms with van der Waals surface area (Å²) in [4.78, 5) is 44.1. The number of ether oxygens (including phenoxy) is 2. The van der Waals surface area contributed by atoms with Crippen molar-refractivity contribution in [3.8, 4) is 46.9 Å². The predicted molar refractivity (Wildman–Crippen MR) is 229 cm³/mol. The van der Waals surface area contributed by atoms with Crippen LogP contribution in [0.2, 0.25) is 0 Å². The number of hydrogen-bond acceptors (Lipinski definition) is 16. The Kier molecular flexibility index (Phi) is 16.1. The molecule has 8 heterocycles. The molecule has 0 aliphatic heterocycles. The molecule has 0 amide bonds. The summed E-state index contributed by atoms with van der Waals surface area (Å²) >= 11 is 0. The molecule has 0 saturated heterocycles. The standard InChI is InChI=1S/C11H8FN5O.C10H6FN5O.C9H12O3S.C7H5FN2O.C4H6N3/c1-18-11-8(12)5-14-10(16-11)7-4-15-17-3-2-13-6-9(7)17;11-7-4-13-9(15-10(7)17)6-3-14-16-2-1-12-5-8(6)16;1-6-4-7(2)9(8(3)5-6)13(10,11)12;1-3-6-9-4-5(8)7(10-6)11-2;5-7-3-1-6-2-4-7/h2-6H,1H3;1-5H,(H,13,15,17);4-5H,1-3H3,(H,10,11,12);1,4H,2H3;1-4H,(H2,5,6)/q;;;;+1. The number of halogens is 3. The van der Waals surface area contributed by atoms with Gasteiger partial charge in [0.1, 0.15) is 5.82 Å². The largest absolute Gasteiger partial charge is 0.479 e. The highest BCUT2D eigenvalue weighted by molar-refractivity contribution is 7.86. The molecule has 4 N–H and O–H groups in total. The molecule has 0 aliphatic rings. The minimum Gasteiger partial charge on any atom is -0.479 e. The molecule has 25 heteroatoms. The van der Waals surface area contributed by atoms with E-state index in [0.29, 0.717) is 33.6 Å². The van der Waals surface area contributed by atoms with E-state index in [9.17, 15) is 26.4 Å². The summed E-state index contributed by atoms with van der Waals surface area (Å²) in [6.07, 6.45) is 27.4. The number of aromatic nitrogens is 14. The molecule has 66 heavy (non-hydrogen) atoms. The number of aryl methyl sites for hydroxylation is 3. The molecule has 0 unspecified atom stereocenters. The number of nitrogens with two attached hydrogens (primary N) is 1. The molecule has 0 bridgehead atoms. The van der Waals surface area contributed by atoms with Crippen molar-refractivity contribution in [2.45, 2.75) is 25.7 Å². The van der Waals surface area contributed by atoms with Crippen LogP contribution in [0, 0.1) is 50.6 Å². The SMILES string of the molecule is C#Cc1ncc(F)c(OC)n1.COc1nc(-c2cnn3ccncc23)ncc1F.Cc1cc(C)c(S(=O)(=O)O)c(C)c1.N[n+]1ccncc1.O=c1[nH]c(-c2cnn3ccncc23)ncc1F. The molecule has 8 aromatic heterocycles. The number of aromatic amines is 1. The molecule has 338 valence electrons. The number of methoxy groups -OCH3 is 2. The smallest absolute Gasteiger partial charge is 0.295 e. The van der Waals surface area contributed by atoms with Crippen LogP contribution < -0.4 is 25.6 Å². The first-order valence-corrected chi connectivity index (χ1v) is 20.0. The lowest BCUT2D eigenvalue weighted by Gasteiger charge is -2.07. The number of nitrogens with zero attached hydrogens (tertiary/aromatic N) is 13. The zero-order chi connectivity index (χ0) is 48.0. The highest BCUT2D eigenvalue weighted by Gasteiger charge is 2.16. The van der Waals surface area contributed by atoms with Gasteiger partial charge < -0.3 is 14.5 Å². The van der Waals surface area contributed by atoms with Crippen molar-refractivity contribution < 1.29 is 40.3 Å². The number of hydrogen-bond donors (Lipinski definition) is 3. The molecular weight excluding hydrogens is 888 g/mol. The van der Waals surface area contributed by atoms with Gasteiger partial charge in [0.05, 0.1) is 97.0 Å². The van der Waals surface area contributed by atoms with E-state index in [1.165, 1.54) is 25.1 Å². The predicted octanol–water partition coefficient (Wildman–Crippen LogP) is 3.50. The number of nitrogens with one attached hydrogen (secondary N) is 1. The third-order valence-electron chi connectivity index (χ3n) is 8.35. The fourth-order valence-corrected chi connectivity index (χ4v) is 6.56. The molecule has 9 rings (SSSR count). The summed E-state index contributed by atoms with van der Waals surface area (Å²) in [6.45, 7) is 5.22. The molecular formula is C41H37F3N15O6S+. The molecule has 0 atom stereocenters. The van der Waals surface area contributed by atoms with Crippen LogP contribution in [0.3, 0.4) is 0 Å². The normalized spacial score (nSPS) is 10.4. The second-order valence-corrected chi connectivity index (χ2v) is 14.3. The summed E-state index contributed by atoms with van der Waals surface area (Å²) < 4.78 is 83.5. The van der Waals surface area contributed by atoms with Gasteiger partial charge in [-0.1, -0.05) is 22.4 Å². The van der Waals surface area contributed by atoms with E-state index in [1.54, 1.807) is 103 Å². The Morgan fingerprint density at radius 1 is 0.742 bits per heavy atom. The van der Waals surface area contributed by atoms with Crippen LogP contribution >= 0.6 is 0 Å². The van der Waals surface area contributed by atoms with Crippen LogP contribution in [0.1, 0.15) is 22.5 Å². The number of nitrogen functional groups attached to an aromatic ring is 1. The number of benzene rings is 1. The highest BCUT2D eigenvalue weighted by Crippen LogP contribution is 2.24. The Balaban J connectivity index is 0.000000160. The zero-order valence-corrected chi connectivity index (χ0v) is 36.1. The van der Waals surface area contributed by atoms with Gasteiger partial charge in [0, 0.05) is 24.8 Å². The molecule has 1 aromatic carbocycles. The van der Waals surface area contributed by atoms with Crippen molar-refractivity contribution in [1.29, 1.82) is 0 Å². The van der Waals surface area contributed by atoms with Crippen molar-refractivity contribution in [2.75, 3.05) is 20.1 Å². The van der Waals surface area contributed by atoms with Crippen LogP contribution in [0.4, 0.5) is 13.2 Å². The topological polar surface area (TPSA) is 273 Å². The lowest BCUT2D eigenvalue weighted by atomic mass is 10.1. The first-order valence-electron chi connectivity index (χ1n) is 18.6. The number of fused-ring (bicyclic) bond motifs is 2. The van der Waals surface area contributed by atoms with E-state index in [2.05, 4.69) is 65.7 Å². The maximum Gasteiger partial charge on any atom is 0.295 e. The van der Waals surface area contributed by atoms with E-state index in [1.807, 2.05) is 6.92 Å². The fraction of sp³-hybridized carbons (Fsp3) is 0.122. The first-order chi connectivity index (χ1) is 31.5. The molecule has 9 aromatic rings. The van der Waals surface area contributed by atoms with Crippen LogP contribution in [0.5, 0.6) is 11.8 Å². The van der Waals surface area contributed by atoms with Gasteiger partial charge in [-0.25, -0.2) is 29.8 Å². The first kappa shape index (κ1) is 48.3. The van der Waals surface area contributed by atoms with Gasteiger partial charge in [0.25, 0.3) is 27.4 Å². The average molecular weight is 925 g/mol. The maximum absolute atomic E-state index is 13.2. The summed E-state index contributed by atoms with van der Waals surface area (Å²) in [5.74, 6) is 5.76. The Morgan fingerprint density at radius 3 is 1.79 bits per heavy atom. The van der Waals surface area contributed by atoms with Crippen molar-refractivity contribution in [2.24, 2.45) is 0 Å². The summed E-state index contributed by atoms with van der Waals surface area (Å²) in [6, 6.07) is 3.46. The number of terminal acetylenes is 1. The number of H-pyrrole nitrogens is 1. The Labute approximate surface area is 372 Å². The van der Waals surface area contributed by atoms with Gasteiger partial charge in [-0.2, -0.15) is 41.8 Å². The van der Waals surface area contributed by atoms with E-state index >= 15 is 0 Å². The van der Waals surface area contributed by atoms with E-state index < -0.39 is 33.1 Å². The van der Waals surface area contributed by atoms with Gasteiger partial charge in [-0.05, 0) is 37.8 Å². The van der Waals surface area contributed by atoms with E-state index in [-0.39, 0.29) is 28.3 Å².